The molecule has 0 aliphatic heterocycles. The van der Waals surface area contributed by atoms with E-state index in [1.807, 2.05) is 12.1 Å². The Morgan fingerprint density at radius 3 is 2.63 bits per heavy atom. The minimum absolute atomic E-state index is 0.217. The van der Waals surface area contributed by atoms with Crippen molar-refractivity contribution in [3.05, 3.63) is 62.6 Å². The first-order chi connectivity index (χ1) is 9.11. The van der Waals surface area contributed by atoms with Crippen LogP contribution in [-0.4, -0.2) is 0 Å². The highest BCUT2D eigenvalue weighted by Gasteiger charge is 2.08. The molecule has 2 rings (SSSR count). The second-order valence-electron chi connectivity index (χ2n) is 3.75. The average Bonchev–Trinajstić information content (AvgIpc) is 2.40. The van der Waals surface area contributed by atoms with Crippen molar-refractivity contribution >= 4 is 34.8 Å². The fourth-order valence-electron chi connectivity index (χ4n) is 1.52. The van der Waals surface area contributed by atoms with Gasteiger partial charge in [0.25, 0.3) is 0 Å². The van der Waals surface area contributed by atoms with E-state index in [1.165, 1.54) is 0 Å². The zero-order valence-electron chi connectivity index (χ0n) is 9.66. The van der Waals surface area contributed by atoms with Crippen molar-refractivity contribution in [2.75, 3.05) is 0 Å². The van der Waals surface area contributed by atoms with Gasteiger partial charge in [-0.25, -0.2) is 0 Å². The average molecular weight is 313 g/mol. The van der Waals surface area contributed by atoms with Gasteiger partial charge >= 0.3 is 0 Å². The minimum Gasteiger partial charge on any atom is -0.487 e. The number of hydrogen-bond acceptors (Lipinski definition) is 2. The van der Waals surface area contributed by atoms with Crippen LogP contribution in [0.1, 0.15) is 11.1 Å². The zero-order chi connectivity index (χ0) is 13.8. The van der Waals surface area contributed by atoms with Gasteiger partial charge in [0, 0.05) is 16.7 Å². The first kappa shape index (κ1) is 14.0. The molecule has 0 bridgehead atoms. The molecule has 19 heavy (non-hydrogen) atoms. The van der Waals surface area contributed by atoms with E-state index in [0.29, 0.717) is 26.4 Å². The largest absolute Gasteiger partial charge is 0.487 e. The van der Waals surface area contributed by atoms with Crippen molar-refractivity contribution in [2.24, 2.45) is 0 Å². The maximum Gasteiger partial charge on any atom is 0.139 e. The summed E-state index contributed by atoms with van der Waals surface area (Å²) in [7, 11) is 0. The van der Waals surface area contributed by atoms with Crippen molar-refractivity contribution in [1.29, 1.82) is 5.26 Å². The van der Waals surface area contributed by atoms with Crippen LogP contribution in [0.15, 0.2) is 36.4 Å². The summed E-state index contributed by atoms with van der Waals surface area (Å²) in [5.41, 5.74) is 1.17. The predicted molar refractivity (Wildman–Crippen MR) is 77.0 cm³/mol. The summed E-state index contributed by atoms with van der Waals surface area (Å²) in [6, 6.07) is 12.2. The van der Waals surface area contributed by atoms with Crippen LogP contribution >= 0.6 is 34.8 Å². The van der Waals surface area contributed by atoms with Gasteiger partial charge in [-0.05, 0) is 18.2 Å². The third-order valence-electron chi connectivity index (χ3n) is 2.48. The van der Waals surface area contributed by atoms with Crippen molar-refractivity contribution < 1.29 is 4.74 Å². The summed E-state index contributed by atoms with van der Waals surface area (Å²) in [5.74, 6) is 0.422. The molecule has 2 aromatic carbocycles. The predicted octanol–water partition coefficient (Wildman–Crippen LogP) is 5.10. The maximum atomic E-state index is 8.98. The van der Waals surface area contributed by atoms with Crippen molar-refractivity contribution in [2.45, 2.75) is 6.61 Å². The lowest BCUT2D eigenvalue weighted by Gasteiger charge is -2.10. The Bertz CT molecular complexity index is 650. The molecule has 0 N–H and O–H groups in total. The van der Waals surface area contributed by atoms with E-state index in [-0.39, 0.29) is 6.61 Å². The third-order valence-corrected chi connectivity index (χ3v) is 3.57. The van der Waals surface area contributed by atoms with E-state index >= 15 is 0 Å². The van der Waals surface area contributed by atoms with Crippen molar-refractivity contribution in [3.63, 3.8) is 0 Å². The van der Waals surface area contributed by atoms with Gasteiger partial charge in [-0.3, -0.25) is 0 Å². The van der Waals surface area contributed by atoms with Crippen LogP contribution in [0.2, 0.25) is 15.1 Å². The molecule has 0 aromatic heterocycles. The van der Waals surface area contributed by atoms with Gasteiger partial charge in [-0.2, -0.15) is 5.26 Å². The highest BCUT2D eigenvalue weighted by atomic mass is 35.5. The molecule has 2 nitrogen and oxygen atoms in total. The zero-order valence-corrected chi connectivity index (χ0v) is 11.9. The first-order valence-corrected chi connectivity index (χ1v) is 6.50. The van der Waals surface area contributed by atoms with Crippen LogP contribution in [-0.2, 0) is 6.61 Å². The Kier molecular flexibility index (Phi) is 4.55. The summed E-state index contributed by atoms with van der Waals surface area (Å²) in [4.78, 5) is 0. The molecule has 0 fully saturated rings. The number of nitriles is 1. The van der Waals surface area contributed by atoms with E-state index in [9.17, 15) is 0 Å². The van der Waals surface area contributed by atoms with Gasteiger partial charge in [0.1, 0.15) is 18.4 Å². The number of halogens is 3. The van der Waals surface area contributed by atoms with Gasteiger partial charge in [0.05, 0.1) is 15.6 Å². The summed E-state index contributed by atoms with van der Waals surface area (Å²) in [6.45, 7) is 0.217. The Morgan fingerprint density at radius 2 is 1.89 bits per heavy atom. The summed E-state index contributed by atoms with van der Waals surface area (Å²) in [6.07, 6.45) is 0. The molecule has 0 atom stereocenters. The lowest BCUT2D eigenvalue weighted by atomic mass is 10.2. The summed E-state index contributed by atoms with van der Waals surface area (Å²) < 4.78 is 5.58. The molecule has 0 heterocycles. The van der Waals surface area contributed by atoms with E-state index in [0.717, 1.165) is 5.56 Å². The number of benzene rings is 2. The smallest absolute Gasteiger partial charge is 0.139 e. The minimum atomic E-state index is 0.217. The SMILES string of the molecule is N#Cc1ccc(Cl)cc1OCc1cccc(Cl)c1Cl. The second-order valence-corrected chi connectivity index (χ2v) is 4.98. The first-order valence-electron chi connectivity index (χ1n) is 5.37. The molecule has 0 aliphatic carbocycles. The molecule has 0 saturated carbocycles. The molecule has 0 saturated heterocycles. The number of rotatable bonds is 3. The van der Waals surface area contributed by atoms with Crippen LogP contribution < -0.4 is 4.74 Å². The molecule has 0 amide bonds. The standard InChI is InChI=1S/C14H8Cl3NO/c15-11-5-4-9(7-18)13(6-11)19-8-10-2-1-3-12(16)14(10)17/h1-6H,8H2. The summed E-state index contributed by atoms with van der Waals surface area (Å²) in [5, 5.41) is 10.4. The lowest BCUT2D eigenvalue weighted by molar-refractivity contribution is 0.305. The fraction of sp³-hybridized carbons (Fsp3) is 0.0714. The molecule has 0 radical (unpaired) electrons. The Labute approximate surface area is 126 Å². The van der Waals surface area contributed by atoms with Gasteiger partial charge < -0.3 is 4.74 Å². The normalized spacial score (nSPS) is 10.0. The quantitative estimate of drug-likeness (QED) is 0.790. The number of ether oxygens (including phenoxy) is 1. The van der Waals surface area contributed by atoms with E-state index in [2.05, 4.69) is 0 Å². The number of nitrogens with zero attached hydrogens (tertiary/aromatic N) is 1. The van der Waals surface area contributed by atoms with Gasteiger partial charge in [-0.1, -0.05) is 46.9 Å². The molecule has 2 aromatic rings. The second kappa shape index (κ2) is 6.16. The fourth-order valence-corrected chi connectivity index (χ4v) is 2.06. The van der Waals surface area contributed by atoms with Crippen molar-refractivity contribution in [1.82, 2.24) is 0 Å². The summed E-state index contributed by atoms with van der Waals surface area (Å²) >= 11 is 17.9. The highest BCUT2D eigenvalue weighted by molar-refractivity contribution is 6.42. The van der Waals surface area contributed by atoms with Crippen LogP contribution in [0.5, 0.6) is 5.75 Å². The van der Waals surface area contributed by atoms with Crippen LogP contribution in [0, 0.1) is 11.3 Å². The van der Waals surface area contributed by atoms with Crippen LogP contribution in [0.25, 0.3) is 0 Å². The van der Waals surface area contributed by atoms with E-state index in [1.54, 1.807) is 30.3 Å². The molecule has 0 aliphatic rings. The Hall–Kier alpha value is -1.40. The maximum absolute atomic E-state index is 8.98. The molecule has 5 heteroatoms. The number of hydrogen-bond donors (Lipinski definition) is 0. The topological polar surface area (TPSA) is 33.0 Å². The van der Waals surface area contributed by atoms with E-state index in [4.69, 9.17) is 44.8 Å². The third kappa shape index (κ3) is 3.33. The monoisotopic (exact) mass is 311 g/mol. The Morgan fingerprint density at radius 1 is 1.11 bits per heavy atom. The molecule has 0 unspecified atom stereocenters. The van der Waals surface area contributed by atoms with Gasteiger partial charge in [0.2, 0.25) is 0 Å². The van der Waals surface area contributed by atoms with Gasteiger partial charge in [-0.15, -0.1) is 0 Å². The lowest BCUT2D eigenvalue weighted by Crippen LogP contribution is -1.98. The van der Waals surface area contributed by atoms with Crippen molar-refractivity contribution in [3.8, 4) is 11.8 Å². The van der Waals surface area contributed by atoms with Crippen LogP contribution in [0.3, 0.4) is 0 Å². The Balaban J connectivity index is 2.21. The molecular formula is C14H8Cl3NO. The highest BCUT2D eigenvalue weighted by Crippen LogP contribution is 2.28. The molecule has 0 spiro atoms. The molecule has 96 valence electrons. The van der Waals surface area contributed by atoms with E-state index < -0.39 is 0 Å². The van der Waals surface area contributed by atoms with Crippen LogP contribution in [0.4, 0.5) is 0 Å². The molecular weight excluding hydrogens is 305 g/mol. The van der Waals surface area contributed by atoms with Gasteiger partial charge in [0.15, 0.2) is 0 Å².